The van der Waals surface area contributed by atoms with Crippen molar-refractivity contribution in [3.05, 3.63) is 35.9 Å². The minimum atomic E-state index is -0.501. The van der Waals surface area contributed by atoms with Gasteiger partial charge in [0.1, 0.15) is 0 Å². The van der Waals surface area contributed by atoms with E-state index in [4.69, 9.17) is 11.5 Å². The van der Waals surface area contributed by atoms with E-state index in [0.717, 1.165) is 5.56 Å². The van der Waals surface area contributed by atoms with Gasteiger partial charge in [0, 0.05) is 13.1 Å². The third kappa shape index (κ3) is 4.10. The van der Waals surface area contributed by atoms with Crippen molar-refractivity contribution < 1.29 is 4.79 Å². The molecule has 0 unspecified atom stereocenters. The topological polar surface area (TPSA) is 81.1 Å². The zero-order valence-electron chi connectivity index (χ0n) is 8.65. The Morgan fingerprint density at radius 2 is 2.00 bits per heavy atom. The lowest BCUT2D eigenvalue weighted by atomic mass is 10.1. The zero-order chi connectivity index (χ0) is 11.1. The van der Waals surface area contributed by atoms with E-state index in [1.165, 1.54) is 0 Å². The Hall–Kier alpha value is -1.39. The quantitative estimate of drug-likeness (QED) is 0.616. The second-order valence-electron chi connectivity index (χ2n) is 3.38. The number of nitrogens with two attached hydrogens (primary N) is 2. The van der Waals surface area contributed by atoms with Gasteiger partial charge in [-0.15, -0.1) is 0 Å². The fourth-order valence-electron chi connectivity index (χ4n) is 1.29. The smallest absolute Gasteiger partial charge is 0.237 e. The van der Waals surface area contributed by atoms with Crippen LogP contribution in [0.5, 0.6) is 0 Å². The molecule has 0 fully saturated rings. The average Bonchev–Trinajstić information content (AvgIpc) is 2.27. The molecule has 0 aliphatic carbocycles. The molecule has 1 aromatic carbocycles. The Kier molecular flexibility index (Phi) is 4.80. The second-order valence-corrected chi connectivity index (χ2v) is 3.38. The summed E-state index contributed by atoms with van der Waals surface area (Å²) in [7, 11) is 0. The van der Waals surface area contributed by atoms with Gasteiger partial charge in [0.15, 0.2) is 0 Å². The second kappa shape index (κ2) is 6.16. The highest BCUT2D eigenvalue weighted by Gasteiger charge is 2.12. The molecule has 0 aliphatic heterocycles. The number of hydrogen-bond donors (Lipinski definition) is 3. The van der Waals surface area contributed by atoms with Crippen molar-refractivity contribution in [1.29, 1.82) is 0 Å². The summed E-state index contributed by atoms with van der Waals surface area (Å²) in [5.41, 5.74) is 12.1. The predicted molar refractivity (Wildman–Crippen MR) is 60.2 cm³/mol. The molecule has 82 valence electrons. The monoisotopic (exact) mass is 207 g/mol. The first-order chi connectivity index (χ1) is 7.24. The molecule has 0 saturated carbocycles. The van der Waals surface area contributed by atoms with Gasteiger partial charge in [-0.3, -0.25) is 4.79 Å². The molecule has 0 aliphatic rings. The number of benzene rings is 1. The number of nitrogens with one attached hydrogen (secondary N) is 1. The van der Waals surface area contributed by atoms with Gasteiger partial charge in [0.25, 0.3) is 0 Å². The standard InChI is InChI=1S/C11H17N3O/c12-6-7-14-11(15)10(13)8-9-4-2-1-3-5-9/h1-5,10H,6-8,12-13H2,(H,14,15)/t10-/m0/s1. The van der Waals surface area contributed by atoms with Crippen molar-refractivity contribution in [2.24, 2.45) is 11.5 Å². The van der Waals surface area contributed by atoms with E-state index < -0.39 is 6.04 Å². The lowest BCUT2D eigenvalue weighted by Crippen LogP contribution is -2.43. The van der Waals surface area contributed by atoms with Crippen LogP contribution in [0.1, 0.15) is 5.56 Å². The van der Waals surface area contributed by atoms with E-state index in [9.17, 15) is 4.79 Å². The maximum atomic E-state index is 11.4. The molecule has 0 heterocycles. The first kappa shape index (κ1) is 11.7. The van der Waals surface area contributed by atoms with Crippen molar-refractivity contribution in [3.63, 3.8) is 0 Å². The van der Waals surface area contributed by atoms with E-state index in [1.807, 2.05) is 30.3 Å². The fourth-order valence-corrected chi connectivity index (χ4v) is 1.29. The van der Waals surface area contributed by atoms with Crippen LogP contribution in [-0.2, 0) is 11.2 Å². The van der Waals surface area contributed by atoms with Gasteiger partial charge < -0.3 is 16.8 Å². The van der Waals surface area contributed by atoms with Gasteiger partial charge in [-0.25, -0.2) is 0 Å². The lowest BCUT2D eigenvalue weighted by molar-refractivity contribution is -0.122. The highest BCUT2D eigenvalue weighted by atomic mass is 16.2. The van der Waals surface area contributed by atoms with Crippen molar-refractivity contribution in [1.82, 2.24) is 5.32 Å². The summed E-state index contributed by atoms with van der Waals surface area (Å²) in [6.45, 7) is 0.908. The van der Waals surface area contributed by atoms with Gasteiger partial charge in [-0.1, -0.05) is 30.3 Å². The van der Waals surface area contributed by atoms with Crippen molar-refractivity contribution >= 4 is 5.91 Å². The third-order valence-electron chi connectivity index (χ3n) is 2.08. The van der Waals surface area contributed by atoms with E-state index in [0.29, 0.717) is 19.5 Å². The van der Waals surface area contributed by atoms with Crippen LogP contribution < -0.4 is 16.8 Å². The predicted octanol–water partition coefficient (Wildman–Crippen LogP) is -0.369. The Morgan fingerprint density at radius 3 is 2.60 bits per heavy atom. The minimum absolute atomic E-state index is 0.149. The summed E-state index contributed by atoms with van der Waals surface area (Å²) >= 11 is 0. The zero-order valence-corrected chi connectivity index (χ0v) is 8.65. The summed E-state index contributed by atoms with van der Waals surface area (Å²) in [5, 5.41) is 2.66. The molecule has 0 radical (unpaired) electrons. The number of rotatable bonds is 5. The Morgan fingerprint density at radius 1 is 1.33 bits per heavy atom. The van der Waals surface area contributed by atoms with Gasteiger partial charge in [-0.2, -0.15) is 0 Å². The number of hydrogen-bond acceptors (Lipinski definition) is 3. The third-order valence-corrected chi connectivity index (χ3v) is 2.08. The van der Waals surface area contributed by atoms with Gasteiger partial charge in [0.2, 0.25) is 5.91 Å². The van der Waals surface area contributed by atoms with Crippen molar-refractivity contribution in [3.8, 4) is 0 Å². The molecule has 1 atom stereocenters. The van der Waals surface area contributed by atoms with Crippen molar-refractivity contribution in [2.45, 2.75) is 12.5 Å². The van der Waals surface area contributed by atoms with Crippen molar-refractivity contribution in [2.75, 3.05) is 13.1 Å². The molecule has 1 amide bonds. The first-order valence-corrected chi connectivity index (χ1v) is 5.01. The summed E-state index contributed by atoms with van der Waals surface area (Å²) < 4.78 is 0. The molecule has 0 bridgehead atoms. The van der Waals surface area contributed by atoms with Crippen LogP contribution in [-0.4, -0.2) is 25.0 Å². The van der Waals surface area contributed by atoms with Crippen LogP contribution >= 0.6 is 0 Å². The highest BCUT2D eigenvalue weighted by molar-refractivity contribution is 5.81. The Balaban J connectivity index is 2.41. The Bertz CT molecular complexity index is 300. The van der Waals surface area contributed by atoms with E-state index >= 15 is 0 Å². The van der Waals surface area contributed by atoms with E-state index in [1.54, 1.807) is 0 Å². The molecule has 0 spiro atoms. The van der Waals surface area contributed by atoms with Crippen LogP contribution in [0, 0.1) is 0 Å². The molecule has 15 heavy (non-hydrogen) atoms. The molecule has 4 nitrogen and oxygen atoms in total. The minimum Gasteiger partial charge on any atom is -0.353 e. The van der Waals surface area contributed by atoms with E-state index in [-0.39, 0.29) is 5.91 Å². The summed E-state index contributed by atoms with van der Waals surface area (Å²) in [6, 6.07) is 9.20. The number of amides is 1. The van der Waals surface area contributed by atoms with E-state index in [2.05, 4.69) is 5.32 Å². The summed E-state index contributed by atoms with van der Waals surface area (Å²) in [4.78, 5) is 11.4. The summed E-state index contributed by atoms with van der Waals surface area (Å²) in [6.07, 6.45) is 0.553. The molecule has 1 rings (SSSR count). The molecule has 0 saturated heterocycles. The average molecular weight is 207 g/mol. The fraction of sp³-hybridized carbons (Fsp3) is 0.364. The van der Waals surface area contributed by atoms with Crippen LogP contribution in [0.25, 0.3) is 0 Å². The lowest BCUT2D eigenvalue weighted by Gasteiger charge is -2.11. The summed E-state index contributed by atoms with van der Waals surface area (Å²) in [5.74, 6) is -0.149. The van der Waals surface area contributed by atoms with Gasteiger partial charge >= 0.3 is 0 Å². The molecule has 4 heteroatoms. The maximum absolute atomic E-state index is 11.4. The normalized spacial score (nSPS) is 12.1. The number of carbonyl (C=O) groups is 1. The van der Waals surface area contributed by atoms with Gasteiger partial charge in [-0.05, 0) is 12.0 Å². The van der Waals surface area contributed by atoms with Crippen LogP contribution in [0.2, 0.25) is 0 Å². The Labute approximate surface area is 89.6 Å². The van der Waals surface area contributed by atoms with Crippen LogP contribution in [0.15, 0.2) is 30.3 Å². The molecule has 1 aromatic rings. The first-order valence-electron chi connectivity index (χ1n) is 5.01. The SMILES string of the molecule is NCCNC(=O)[C@@H](N)Cc1ccccc1. The largest absolute Gasteiger partial charge is 0.353 e. The maximum Gasteiger partial charge on any atom is 0.237 e. The molecular weight excluding hydrogens is 190 g/mol. The van der Waals surface area contributed by atoms with Gasteiger partial charge in [0.05, 0.1) is 6.04 Å². The van der Waals surface area contributed by atoms with Crippen LogP contribution in [0.3, 0.4) is 0 Å². The molecule has 5 N–H and O–H groups in total. The highest BCUT2D eigenvalue weighted by Crippen LogP contribution is 2.01. The van der Waals surface area contributed by atoms with Crippen LogP contribution in [0.4, 0.5) is 0 Å². The molecular formula is C11H17N3O. The number of carbonyl (C=O) groups excluding carboxylic acids is 1. The molecule has 0 aromatic heterocycles.